The summed E-state index contributed by atoms with van der Waals surface area (Å²) in [7, 11) is 0. The van der Waals surface area contributed by atoms with E-state index in [0.29, 0.717) is 12.6 Å². The van der Waals surface area contributed by atoms with Crippen molar-refractivity contribution in [1.29, 1.82) is 0 Å². The van der Waals surface area contributed by atoms with Crippen LogP contribution < -0.4 is 5.32 Å². The number of phenolic OH excluding ortho intramolecular Hbond substituents is 1. The second kappa shape index (κ2) is 5.65. The Bertz CT molecular complexity index is 578. The Hall–Kier alpha value is -1.49. The zero-order valence-corrected chi connectivity index (χ0v) is 12.9. The number of benzene rings is 1. The zero-order valence-electron chi connectivity index (χ0n) is 11.3. The molecule has 4 nitrogen and oxygen atoms in total. The van der Waals surface area contributed by atoms with Gasteiger partial charge < -0.3 is 10.4 Å². The minimum Gasteiger partial charge on any atom is -0.508 e. The highest BCUT2D eigenvalue weighted by atomic mass is 79.9. The molecule has 0 spiro atoms. The average Bonchev–Trinajstić information content (AvgIpc) is 2.72. The minimum atomic E-state index is 0.273. The number of phenols is 1. The number of aryl methyl sites for hydroxylation is 1. The summed E-state index contributed by atoms with van der Waals surface area (Å²) in [4.78, 5) is 0. The van der Waals surface area contributed by atoms with E-state index in [1.54, 1.807) is 12.1 Å². The van der Waals surface area contributed by atoms with Crippen molar-refractivity contribution in [1.82, 2.24) is 9.78 Å². The van der Waals surface area contributed by atoms with Crippen molar-refractivity contribution in [3.8, 4) is 5.75 Å². The van der Waals surface area contributed by atoms with Crippen molar-refractivity contribution in [2.45, 2.75) is 33.4 Å². The Morgan fingerprint density at radius 2 is 2.16 bits per heavy atom. The molecule has 0 bridgehead atoms. The predicted molar refractivity (Wildman–Crippen MR) is 80.5 cm³/mol. The standard InChI is InChI=1S/C14H18BrN3O/c1-9(2)18-8-14(10(3)17-18)16-7-11-6-12(19)4-5-13(11)15/h4-6,8-9,16,19H,7H2,1-3H3. The molecule has 0 aliphatic carbocycles. The zero-order chi connectivity index (χ0) is 14.0. The summed E-state index contributed by atoms with van der Waals surface area (Å²) in [5.74, 6) is 0.273. The molecule has 1 aromatic heterocycles. The van der Waals surface area contributed by atoms with Crippen molar-refractivity contribution in [2.24, 2.45) is 0 Å². The van der Waals surface area contributed by atoms with Gasteiger partial charge in [-0.2, -0.15) is 5.10 Å². The summed E-state index contributed by atoms with van der Waals surface area (Å²) < 4.78 is 2.92. The normalized spacial score (nSPS) is 11.0. The van der Waals surface area contributed by atoms with Crippen molar-refractivity contribution in [2.75, 3.05) is 5.32 Å². The highest BCUT2D eigenvalue weighted by Gasteiger charge is 2.08. The van der Waals surface area contributed by atoms with E-state index in [1.165, 1.54) is 0 Å². The van der Waals surface area contributed by atoms with Gasteiger partial charge in [0, 0.05) is 23.3 Å². The lowest BCUT2D eigenvalue weighted by Crippen LogP contribution is -2.01. The van der Waals surface area contributed by atoms with Gasteiger partial charge in [-0.1, -0.05) is 15.9 Å². The SMILES string of the molecule is Cc1nn(C(C)C)cc1NCc1cc(O)ccc1Br. The van der Waals surface area contributed by atoms with E-state index in [9.17, 15) is 5.11 Å². The molecule has 0 aliphatic rings. The van der Waals surface area contributed by atoms with Crippen LogP contribution in [0.3, 0.4) is 0 Å². The van der Waals surface area contributed by atoms with Gasteiger partial charge in [-0.05, 0) is 44.5 Å². The lowest BCUT2D eigenvalue weighted by atomic mass is 10.2. The summed E-state index contributed by atoms with van der Waals surface area (Å²) in [6, 6.07) is 5.60. The maximum absolute atomic E-state index is 9.50. The van der Waals surface area contributed by atoms with Crippen LogP contribution in [-0.4, -0.2) is 14.9 Å². The topological polar surface area (TPSA) is 50.1 Å². The fourth-order valence-corrected chi connectivity index (χ4v) is 2.19. The number of nitrogens with zero attached hydrogens (tertiary/aromatic N) is 2. The first-order chi connectivity index (χ1) is 8.97. The minimum absolute atomic E-state index is 0.273. The number of rotatable bonds is 4. The monoisotopic (exact) mass is 323 g/mol. The van der Waals surface area contributed by atoms with Crippen LogP contribution in [0.5, 0.6) is 5.75 Å². The molecule has 2 aromatic rings. The largest absolute Gasteiger partial charge is 0.508 e. The molecular weight excluding hydrogens is 306 g/mol. The molecule has 2 rings (SSSR count). The lowest BCUT2D eigenvalue weighted by Gasteiger charge is -2.08. The quantitative estimate of drug-likeness (QED) is 0.898. The van der Waals surface area contributed by atoms with E-state index in [0.717, 1.165) is 21.4 Å². The molecule has 0 saturated carbocycles. The highest BCUT2D eigenvalue weighted by Crippen LogP contribution is 2.23. The van der Waals surface area contributed by atoms with Crippen LogP contribution in [0.25, 0.3) is 0 Å². The number of hydrogen-bond donors (Lipinski definition) is 2. The molecule has 0 unspecified atom stereocenters. The maximum Gasteiger partial charge on any atom is 0.115 e. The molecule has 2 N–H and O–H groups in total. The number of aromatic nitrogens is 2. The summed E-state index contributed by atoms with van der Waals surface area (Å²) >= 11 is 3.48. The third-order valence-electron chi connectivity index (χ3n) is 2.94. The van der Waals surface area contributed by atoms with Gasteiger partial charge in [0.1, 0.15) is 5.75 Å². The highest BCUT2D eigenvalue weighted by molar-refractivity contribution is 9.10. The molecule has 0 saturated heterocycles. The van der Waals surface area contributed by atoms with Gasteiger partial charge in [0.2, 0.25) is 0 Å². The van der Waals surface area contributed by atoms with Gasteiger partial charge >= 0.3 is 0 Å². The van der Waals surface area contributed by atoms with Crippen molar-refractivity contribution < 1.29 is 5.11 Å². The fourth-order valence-electron chi connectivity index (χ4n) is 1.81. The molecule has 19 heavy (non-hydrogen) atoms. The van der Waals surface area contributed by atoms with E-state index < -0.39 is 0 Å². The van der Waals surface area contributed by atoms with Gasteiger partial charge in [0.05, 0.1) is 11.4 Å². The second-order valence-corrected chi connectivity index (χ2v) is 5.69. The van der Waals surface area contributed by atoms with Crippen LogP contribution in [0, 0.1) is 6.92 Å². The Labute approximate surface area is 121 Å². The van der Waals surface area contributed by atoms with Crippen LogP contribution in [0.4, 0.5) is 5.69 Å². The first-order valence-electron chi connectivity index (χ1n) is 6.24. The molecule has 0 radical (unpaired) electrons. The van der Waals surface area contributed by atoms with Crippen LogP contribution in [-0.2, 0) is 6.54 Å². The third kappa shape index (κ3) is 3.29. The first kappa shape index (κ1) is 13.9. The smallest absolute Gasteiger partial charge is 0.115 e. The van der Waals surface area contributed by atoms with Gasteiger partial charge in [-0.3, -0.25) is 4.68 Å². The molecule has 0 amide bonds. The summed E-state index contributed by atoms with van der Waals surface area (Å²) in [6.45, 7) is 6.82. The number of halogens is 1. The Morgan fingerprint density at radius 3 is 2.79 bits per heavy atom. The van der Waals surface area contributed by atoms with Gasteiger partial charge in [-0.15, -0.1) is 0 Å². The van der Waals surface area contributed by atoms with Crippen molar-refractivity contribution >= 4 is 21.6 Å². The number of nitrogens with one attached hydrogen (secondary N) is 1. The number of anilines is 1. The molecular formula is C14H18BrN3O. The van der Waals surface area contributed by atoms with Gasteiger partial charge in [-0.25, -0.2) is 0 Å². The average molecular weight is 324 g/mol. The third-order valence-corrected chi connectivity index (χ3v) is 3.72. The second-order valence-electron chi connectivity index (χ2n) is 4.83. The van der Waals surface area contributed by atoms with Crippen LogP contribution in [0.2, 0.25) is 0 Å². The molecule has 0 aliphatic heterocycles. The van der Waals surface area contributed by atoms with E-state index in [2.05, 4.69) is 40.2 Å². The molecule has 1 aromatic carbocycles. The summed E-state index contributed by atoms with van der Waals surface area (Å²) in [6.07, 6.45) is 2.01. The maximum atomic E-state index is 9.50. The van der Waals surface area contributed by atoms with Crippen LogP contribution in [0.15, 0.2) is 28.9 Å². The van der Waals surface area contributed by atoms with E-state index in [-0.39, 0.29) is 5.75 Å². The molecule has 0 atom stereocenters. The molecule has 0 fully saturated rings. The van der Waals surface area contributed by atoms with E-state index in [4.69, 9.17) is 0 Å². The summed E-state index contributed by atoms with van der Waals surface area (Å²) in [5.41, 5.74) is 3.01. The van der Waals surface area contributed by atoms with Crippen molar-refractivity contribution in [3.63, 3.8) is 0 Å². The van der Waals surface area contributed by atoms with Crippen LogP contribution >= 0.6 is 15.9 Å². The fraction of sp³-hybridized carbons (Fsp3) is 0.357. The Morgan fingerprint density at radius 1 is 1.42 bits per heavy atom. The van der Waals surface area contributed by atoms with Crippen molar-refractivity contribution in [3.05, 3.63) is 40.1 Å². The Kier molecular flexibility index (Phi) is 4.14. The predicted octanol–water partition coefficient (Wildman–Crippen LogP) is 3.85. The molecule has 1 heterocycles. The van der Waals surface area contributed by atoms with Gasteiger partial charge in [0.15, 0.2) is 0 Å². The molecule has 102 valence electrons. The number of hydrogen-bond acceptors (Lipinski definition) is 3. The van der Waals surface area contributed by atoms with Gasteiger partial charge in [0.25, 0.3) is 0 Å². The van der Waals surface area contributed by atoms with E-state index >= 15 is 0 Å². The van der Waals surface area contributed by atoms with Crippen LogP contribution in [0.1, 0.15) is 31.1 Å². The number of aromatic hydroxyl groups is 1. The van der Waals surface area contributed by atoms with E-state index in [1.807, 2.05) is 23.9 Å². The first-order valence-corrected chi connectivity index (χ1v) is 7.03. The summed E-state index contributed by atoms with van der Waals surface area (Å²) in [5, 5.41) is 17.3. The molecule has 5 heteroatoms. The lowest BCUT2D eigenvalue weighted by molar-refractivity contribution is 0.474. The Balaban J connectivity index is 2.12.